The van der Waals surface area contributed by atoms with Crippen LogP contribution in [0.15, 0.2) is 42.9 Å². The van der Waals surface area contributed by atoms with Gasteiger partial charge in [-0.05, 0) is 30.2 Å². The average molecular weight is 243 g/mol. The van der Waals surface area contributed by atoms with Gasteiger partial charge >= 0.3 is 0 Å². The largest absolute Gasteiger partial charge is 0.481 e. The Bertz CT molecular complexity index is 470. The predicted molar refractivity (Wildman–Crippen MR) is 70.3 cm³/mol. The molecule has 2 heterocycles. The topological polar surface area (TPSA) is 47.0 Å². The molecule has 2 aromatic rings. The summed E-state index contributed by atoms with van der Waals surface area (Å²) < 4.78 is 5.03. The van der Waals surface area contributed by atoms with Gasteiger partial charge in [-0.3, -0.25) is 4.98 Å². The first-order valence-electron chi connectivity index (χ1n) is 5.92. The molecule has 0 aliphatic rings. The smallest absolute Gasteiger partial charge is 0.212 e. The van der Waals surface area contributed by atoms with Crippen LogP contribution in [0.1, 0.15) is 24.1 Å². The molecule has 0 spiro atoms. The molecule has 0 bridgehead atoms. The molecule has 4 heteroatoms. The standard InChI is InChI=1S/C14H17N3O/c1-11(13-5-7-15-8-6-13)16-9-12-3-4-14(18-2)17-10-12/h3-8,10-11,16H,9H2,1-2H3/t11-/m1/s1. The lowest BCUT2D eigenvalue weighted by Crippen LogP contribution is -2.18. The van der Waals surface area contributed by atoms with E-state index in [1.807, 2.05) is 42.9 Å². The summed E-state index contributed by atoms with van der Waals surface area (Å²) in [5.74, 6) is 0.640. The highest BCUT2D eigenvalue weighted by Gasteiger charge is 2.04. The van der Waals surface area contributed by atoms with Gasteiger partial charge in [0.25, 0.3) is 0 Å². The average Bonchev–Trinajstić information content (AvgIpc) is 2.46. The summed E-state index contributed by atoms with van der Waals surface area (Å²) >= 11 is 0. The van der Waals surface area contributed by atoms with Crippen molar-refractivity contribution >= 4 is 0 Å². The Balaban J connectivity index is 1.91. The number of rotatable bonds is 5. The molecular weight excluding hydrogens is 226 g/mol. The van der Waals surface area contributed by atoms with Crippen LogP contribution in [0.3, 0.4) is 0 Å². The fraction of sp³-hybridized carbons (Fsp3) is 0.286. The van der Waals surface area contributed by atoms with Crippen LogP contribution in [0.4, 0.5) is 0 Å². The lowest BCUT2D eigenvalue weighted by molar-refractivity contribution is 0.397. The van der Waals surface area contributed by atoms with Gasteiger partial charge in [0, 0.05) is 37.2 Å². The van der Waals surface area contributed by atoms with Crippen molar-refractivity contribution in [2.24, 2.45) is 0 Å². The number of hydrogen-bond acceptors (Lipinski definition) is 4. The van der Waals surface area contributed by atoms with Gasteiger partial charge in [0.1, 0.15) is 0 Å². The Hall–Kier alpha value is -1.94. The molecule has 0 saturated heterocycles. The molecule has 0 amide bonds. The van der Waals surface area contributed by atoms with E-state index in [0.717, 1.165) is 12.1 Å². The normalized spacial score (nSPS) is 12.1. The fourth-order valence-electron chi connectivity index (χ4n) is 1.68. The molecule has 0 aliphatic carbocycles. The summed E-state index contributed by atoms with van der Waals surface area (Å²) in [6.07, 6.45) is 5.44. The third-order valence-corrected chi connectivity index (χ3v) is 2.83. The van der Waals surface area contributed by atoms with E-state index in [9.17, 15) is 0 Å². The molecule has 1 atom stereocenters. The van der Waals surface area contributed by atoms with E-state index in [1.165, 1.54) is 5.56 Å². The van der Waals surface area contributed by atoms with E-state index in [-0.39, 0.29) is 6.04 Å². The summed E-state index contributed by atoms with van der Waals surface area (Å²) in [5, 5.41) is 3.44. The van der Waals surface area contributed by atoms with Crippen molar-refractivity contribution < 1.29 is 4.74 Å². The van der Waals surface area contributed by atoms with Crippen LogP contribution in [0, 0.1) is 0 Å². The van der Waals surface area contributed by atoms with Gasteiger partial charge in [-0.1, -0.05) is 6.07 Å². The number of pyridine rings is 2. The SMILES string of the molecule is COc1ccc(CN[C@H](C)c2ccncc2)cn1. The Morgan fingerprint density at radius 2 is 2.00 bits per heavy atom. The van der Waals surface area contributed by atoms with Gasteiger partial charge in [-0.15, -0.1) is 0 Å². The Labute approximate surface area is 107 Å². The van der Waals surface area contributed by atoms with Gasteiger partial charge in [-0.25, -0.2) is 4.98 Å². The Kier molecular flexibility index (Phi) is 4.25. The van der Waals surface area contributed by atoms with Crippen LogP contribution in [0.2, 0.25) is 0 Å². The van der Waals surface area contributed by atoms with E-state index >= 15 is 0 Å². The van der Waals surface area contributed by atoms with Gasteiger partial charge < -0.3 is 10.1 Å². The summed E-state index contributed by atoms with van der Waals surface area (Å²) in [4.78, 5) is 8.19. The molecule has 0 saturated carbocycles. The first-order valence-corrected chi connectivity index (χ1v) is 5.92. The van der Waals surface area contributed by atoms with Gasteiger partial charge in [0.15, 0.2) is 0 Å². The highest BCUT2D eigenvalue weighted by atomic mass is 16.5. The summed E-state index contributed by atoms with van der Waals surface area (Å²) in [6.45, 7) is 2.91. The maximum Gasteiger partial charge on any atom is 0.212 e. The number of methoxy groups -OCH3 is 1. The number of ether oxygens (including phenoxy) is 1. The maximum atomic E-state index is 5.03. The lowest BCUT2D eigenvalue weighted by atomic mass is 10.1. The Morgan fingerprint density at radius 3 is 2.61 bits per heavy atom. The summed E-state index contributed by atoms with van der Waals surface area (Å²) in [7, 11) is 1.62. The molecule has 4 nitrogen and oxygen atoms in total. The highest BCUT2D eigenvalue weighted by Crippen LogP contribution is 2.12. The summed E-state index contributed by atoms with van der Waals surface area (Å²) in [6, 6.07) is 8.20. The van der Waals surface area contributed by atoms with Crippen LogP contribution in [-0.4, -0.2) is 17.1 Å². The number of nitrogens with one attached hydrogen (secondary N) is 1. The molecule has 94 valence electrons. The van der Waals surface area contributed by atoms with Crippen molar-refractivity contribution in [2.75, 3.05) is 7.11 Å². The number of nitrogens with zero attached hydrogens (tertiary/aromatic N) is 2. The fourth-order valence-corrected chi connectivity index (χ4v) is 1.68. The monoisotopic (exact) mass is 243 g/mol. The van der Waals surface area contributed by atoms with Gasteiger partial charge in [0.2, 0.25) is 5.88 Å². The minimum atomic E-state index is 0.287. The highest BCUT2D eigenvalue weighted by molar-refractivity contribution is 5.18. The predicted octanol–water partition coefficient (Wildman–Crippen LogP) is 2.34. The molecule has 0 unspecified atom stereocenters. The van der Waals surface area contributed by atoms with Crippen molar-refractivity contribution in [3.63, 3.8) is 0 Å². The maximum absolute atomic E-state index is 5.03. The molecule has 0 fully saturated rings. The van der Waals surface area contributed by atoms with Crippen molar-refractivity contribution in [3.05, 3.63) is 54.0 Å². The van der Waals surface area contributed by atoms with Crippen molar-refractivity contribution in [1.29, 1.82) is 0 Å². The van der Waals surface area contributed by atoms with E-state index < -0.39 is 0 Å². The summed E-state index contributed by atoms with van der Waals surface area (Å²) in [5.41, 5.74) is 2.36. The van der Waals surface area contributed by atoms with E-state index in [0.29, 0.717) is 5.88 Å². The lowest BCUT2D eigenvalue weighted by Gasteiger charge is -2.13. The van der Waals surface area contributed by atoms with Gasteiger partial charge in [0.05, 0.1) is 7.11 Å². The molecule has 18 heavy (non-hydrogen) atoms. The number of aromatic nitrogens is 2. The van der Waals surface area contributed by atoms with E-state index in [1.54, 1.807) is 7.11 Å². The van der Waals surface area contributed by atoms with Crippen LogP contribution in [-0.2, 0) is 6.54 Å². The molecule has 0 aromatic carbocycles. The first-order chi connectivity index (χ1) is 8.79. The van der Waals surface area contributed by atoms with Crippen molar-refractivity contribution in [3.8, 4) is 5.88 Å². The molecule has 1 N–H and O–H groups in total. The second-order valence-electron chi connectivity index (χ2n) is 4.09. The van der Waals surface area contributed by atoms with Crippen LogP contribution in [0.25, 0.3) is 0 Å². The third-order valence-electron chi connectivity index (χ3n) is 2.83. The zero-order valence-corrected chi connectivity index (χ0v) is 10.6. The first kappa shape index (κ1) is 12.5. The molecule has 2 rings (SSSR count). The van der Waals surface area contributed by atoms with E-state index in [4.69, 9.17) is 4.74 Å². The van der Waals surface area contributed by atoms with E-state index in [2.05, 4.69) is 22.2 Å². The van der Waals surface area contributed by atoms with Crippen molar-refractivity contribution in [2.45, 2.75) is 19.5 Å². The third kappa shape index (κ3) is 3.28. The zero-order chi connectivity index (χ0) is 12.8. The minimum absolute atomic E-state index is 0.287. The second-order valence-corrected chi connectivity index (χ2v) is 4.09. The van der Waals surface area contributed by atoms with Crippen LogP contribution >= 0.6 is 0 Å². The molecule has 0 radical (unpaired) electrons. The molecule has 2 aromatic heterocycles. The van der Waals surface area contributed by atoms with Gasteiger partial charge in [-0.2, -0.15) is 0 Å². The molecule has 0 aliphatic heterocycles. The van der Waals surface area contributed by atoms with Crippen LogP contribution < -0.4 is 10.1 Å². The quantitative estimate of drug-likeness (QED) is 0.875. The second kappa shape index (κ2) is 6.12. The van der Waals surface area contributed by atoms with Crippen molar-refractivity contribution in [1.82, 2.24) is 15.3 Å². The molecular formula is C14H17N3O. The van der Waals surface area contributed by atoms with Crippen LogP contribution in [0.5, 0.6) is 5.88 Å². The Morgan fingerprint density at radius 1 is 1.22 bits per heavy atom. The minimum Gasteiger partial charge on any atom is -0.481 e. The number of hydrogen-bond donors (Lipinski definition) is 1. The zero-order valence-electron chi connectivity index (χ0n) is 10.6.